The third-order valence-electron chi connectivity index (χ3n) is 7.97. The number of anilines is 1. The third kappa shape index (κ3) is 4.77. The van der Waals surface area contributed by atoms with Crippen molar-refractivity contribution < 1.29 is 19.5 Å². The van der Waals surface area contributed by atoms with Gasteiger partial charge in [0, 0.05) is 42.2 Å². The van der Waals surface area contributed by atoms with Crippen molar-refractivity contribution in [2.75, 3.05) is 11.9 Å². The van der Waals surface area contributed by atoms with Gasteiger partial charge in [0.15, 0.2) is 0 Å². The van der Waals surface area contributed by atoms with E-state index in [-0.39, 0.29) is 48.2 Å². The van der Waals surface area contributed by atoms with Gasteiger partial charge >= 0.3 is 5.97 Å². The summed E-state index contributed by atoms with van der Waals surface area (Å²) in [6.07, 6.45) is 5.04. The van der Waals surface area contributed by atoms with Gasteiger partial charge in [-0.15, -0.1) is 0 Å². The van der Waals surface area contributed by atoms with Gasteiger partial charge in [0.05, 0.1) is 12.0 Å². The maximum atomic E-state index is 14.0. The maximum absolute atomic E-state index is 14.0. The largest absolute Gasteiger partial charge is 0.481 e. The van der Waals surface area contributed by atoms with Crippen LogP contribution in [-0.4, -0.2) is 46.4 Å². The van der Waals surface area contributed by atoms with Crippen LogP contribution in [-0.2, 0) is 9.59 Å². The molecular formula is C28H33N3O4. The Morgan fingerprint density at radius 2 is 1.71 bits per heavy atom. The molecule has 0 unspecified atom stereocenters. The molecule has 2 fully saturated rings. The lowest BCUT2D eigenvalue weighted by atomic mass is 9.80. The molecule has 2 aromatic rings. The van der Waals surface area contributed by atoms with Crippen LogP contribution in [0.3, 0.4) is 0 Å². The first-order chi connectivity index (χ1) is 17.0. The minimum Gasteiger partial charge on any atom is -0.481 e. The zero-order valence-corrected chi connectivity index (χ0v) is 19.9. The van der Waals surface area contributed by atoms with Crippen LogP contribution in [0.4, 0.5) is 5.69 Å². The first-order valence-electron chi connectivity index (χ1n) is 12.8. The average Bonchev–Trinajstić information content (AvgIpc) is 3.33. The number of amides is 2. The van der Waals surface area contributed by atoms with Crippen molar-refractivity contribution in [1.29, 1.82) is 0 Å². The number of carbonyl (C=O) groups is 3. The molecule has 1 aliphatic carbocycles. The quantitative estimate of drug-likeness (QED) is 0.581. The molecule has 7 nitrogen and oxygen atoms in total. The van der Waals surface area contributed by atoms with Gasteiger partial charge < -0.3 is 20.6 Å². The summed E-state index contributed by atoms with van der Waals surface area (Å²) in [7, 11) is 0. The van der Waals surface area contributed by atoms with E-state index in [9.17, 15) is 19.5 Å². The van der Waals surface area contributed by atoms with Crippen LogP contribution in [0.15, 0.2) is 54.6 Å². The highest BCUT2D eigenvalue weighted by atomic mass is 16.4. The number of benzene rings is 2. The lowest BCUT2D eigenvalue weighted by Gasteiger charge is -2.42. The van der Waals surface area contributed by atoms with Crippen molar-refractivity contribution >= 4 is 23.5 Å². The molecule has 3 N–H and O–H groups in total. The normalized spacial score (nSPS) is 27.3. The summed E-state index contributed by atoms with van der Waals surface area (Å²) >= 11 is 0. The summed E-state index contributed by atoms with van der Waals surface area (Å²) in [5.74, 6) is -0.879. The third-order valence-corrected chi connectivity index (χ3v) is 7.97. The Bertz CT molecular complexity index is 1090. The summed E-state index contributed by atoms with van der Waals surface area (Å²) < 4.78 is 0. The number of nitrogens with zero attached hydrogens (tertiary/aromatic N) is 1. The standard InChI is InChI=1S/C28H33N3O4/c32-25(33)15-14-24-20-16-17-31(26(20)19-10-4-6-12-22(19)29-24)28(35)21-11-5-7-13-23(21)30-27(34)18-8-2-1-3-9-18/h1-4,6,8-10,12,20-21,23-24,26,29H,5,7,11,13-17H2,(H,30,34)(H,32,33)/t20-,21+,23-,24+,26+/m1/s1. The van der Waals surface area contributed by atoms with E-state index >= 15 is 0 Å². The Kier molecular flexibility index (Phi) is 6.75. The Hall–Kier alpha value is -3.35. The van der Waals surface area contributed by atoms with Gasteiger partial charge in [-0.1, -0.05) is 49.2 Å². The molecule has 1 saturated carbocycles. The van der Waals surface area contributed by atoms with E-state index in [4.69, 9.17) is 0 Å². The van der Waals surface area contributed by atoms with Crippen LogP contribution >= 0.6 is 0 Å². The molecule has 5 atom stereocenters. The number of rotatable bonds is 6. The molecule has 2 aliphatic heterocycles. The highest BCUT2D eigenvalue weighted by Gasteiger charge is 2.48. The van der Waals surface area contributed by atoms with Crippen LogP contribution in [0.5, 0.6) is 0 Å². The number of hydrogen-bond donors (Lipinski definition) is 3. The summed E-state index contributed by atoms with van der Waals surface area (Å²) in [6.45, 7) is 0.656. The molecule has 5 rings (SSSR count). The molecule has 2 heterocycles. The fourth-order valence-electron chi connectivity index (χ4n) is 6.30. The minimum atomic E-state index is -0.799. The highest BCUT2D eigenvalue weighted by Crippen LogP contribution is 2.48. The minimum absolute atomic E-state index is 0.0173. The number of likely N-dealkylation sites (tertiary alicyclic amines) is 1. The van der Waals surface area contributed by atoms with Gasteiger partial charge in [0.25, 0.3) is 5.91 Å². The number of carbonyl (C=O) groups excluding carboxylic acids is 2. The number of fused-ring (bicyclic) bond motifs is 3. The Balaban J connectivity index is 1.37. The van der Waals surface area contributed by atoms with Gasteiger partial charge in [-0.3, -0.25) is 14.4 Å². The maximum Gasteiger partial charge on any atom is 0.303 e. The molecule has 3 aliphatic rings. The van der Waals surface area contributed by atoms with Crippen LogP contribution in [0.25, 0.3) is 0 Å². The molecular weight excluding hydrogens is 442 g/mol. The number of aliphatic carboxylic acids is 1. The second kappa shape index (κ2) is 10.1. The van der Waals surface area contributed by atoms with Gasteiger partial charge in [-0.25, -0.2) is 0 Å². The SMILES string of the molecule is O=C(O)CC[C@@H]1Nc2ccccc2[C@H]2[C@@H]1CCN2C(=O)[C@H]1CCCC[C@H]1NC(=O)c1ccccc1. The molecule has 0 spiro atoms. The summed E-state index contributed by atoms with van der Waals surface area (Å²) in [6, 6.07) is 17.0. The first kappa shape index (κ1) is 23.4. The molecule has 0 radical (unpaired) electrons. The van der Waals surface area contributed by atoms with Gasteiger partial charge in [0.2, 0.25) is 5.91 Å². The Morgan fingerprint density at radius 3 is 2.51 bits per heavy atom. The monoisotopic (exact) mass is 475 g/mol. The van der Waals surface area contributed by atoms with E-state index in [1.807, 2.05) is 41.3 Å². The van der Waals surface area contributed by atoms with E-state index in [0.717, 1.165) is 43.4 Å². The van der Waals surface area contributed by atoms with Crippen molar-refractivity contribution in [2.45, 2.75) is 63.1 Å². The summed E-state index contributed by atoms with van der Waals surface area (Å²) in [4.78, 5) is 40.2. The van der Waals surface area contributed by atoms with Crippen molar-refractivity contribution in [3.05, 3.63) is 65.7 Å². The smallest absolute Gasteiger partial charge is 0.303 e. The zero-order chi connectivity index (χ0) is 24.4. The summed E-state index contributed by atoms with van der Waals surface area (Å²) in [5, 5.41) is 16.0. The fourth-order valence-corrected chi connectivity index (χ4v) is 6.30. The molecule has 35 heavy (non-hydrogen) atoms. The average molecular weight is 476 g/mol. The van der Waals surface area contributed by atoms with Crippen molar-refractivity contribution in [2.24, 2.45) is 11.8 Å². The van der Waals surface area contributed by atoms with E-state index in [0.29, 0.717) is 18.5 Å². The van der Waals surface area contributed by atoms with Crippen LogP contribution < -0.4 is 10.6 Å². The van der Waals surface area contributed by atoms with Gasteiger partial charge in [-0.05, 0) is 49.4 Å². The molecule has 0 aromatic heterocycles. The lowest BCUT2D eigenvalue weighted by molar-refractivity contribution is -0.139. The number of carboxylic acid groups (broad SMARTS) is 1. The van der Waals surface area contributed by atoms with E-state index in [1.54, 1.807) is 12.1 Å². The molecule has 2 amide bonds. The van der Waals surface area contributed by atoms with Crippen molar-refractivity contribution in [3.63, 3.8) is 0 Å². The number of carboxylic acids is 1. The number of para-hydroxylation sites is 1. The highest BCUT2D eigenvalue weighted by molar-refractivity contribution is 5.95. The molecule has 0 bridgehead atoms. The van der Waals surface area contributed by atoms with Crippen molar-refractivity contribution in [3.8, 4) is 0 Å². The Labute approximate surface area is 205 Å². The van der Waals surface area contributed by atoms with Crippen LogP contribution in [0.1, 0.15) is 66.9 Å². The predicted octanol–water partition coefficient (Wildman–Crippen LogP) is 4.22. The molecule has 2 aromatic carbocycles. The second-order valence-electron chi connectivity index (χ2n) is 10.0. The second-order valence-corrected chi connectivity index (χ2v) is 10.0. The topological polar surface area (TPSA) is 98.7 Å². The van der Waals surface area contributed by atoms with Gasteiger partial charge in [-0.2, -0.15) is 0 Å². The number of nitrogens with one attached hydrogen (secondary N) is 2. The van der Waals surface area contributed by atoms with E-state index < -0.39 is 5.97 Å². The van der Waals surface area contributed by atoms with Crippen LogP contribution in [0.2, 0.25) is 0 Å². The van der Waals surface area contributed by atoms with Crippen molar-refractivity contribution in [1.82, 2.24) is 10.2 Å². The van der Waals surface area contributed by atoms with Gasteiger partial charge in [0.1, 0.15) is 0 Å². The molecule has 184 valence electrons. The van der Waals surface area contributed by atoms with Crippen LogP contribution in [0, 0.1) is 11.8 Å². The molecule has 1 saturated heterocycles. The fraction of sp³-hybridized carbons (Fsp3) is 0.464. The van der Waals surface area contributed by atoms with E-state index in [2.05, 4.69) is 16.7 Å². The Morgan fingerprint density at radius 1 is 0.971 bits per heavy atom. The lowest BCUT2D eigenvalue weighted by Crippen LogP contribution is -2.50. The summed E-state index contributed by atoms with van der Waals surface area (Å²) in [5.41, 5.74) is 2.70. The molecule has 7 heteroatoms. The number of hydrogen-bond acceptors (Lipinski definition) is 4. The zero-order valence-electron chi connectivity index (χ0n) is 19.9. The predicted molar refractivity (Wildman–Crippen MR) is 133 cm³/mol. The first-order valence-corrected chi connectivity index (χ1v) is 12.8. The van der Waals surface area contributed by atoms with E-state index in [1.165, 1.54) is 0 Å².